The normalized spacial score (nSPS) is 28.2. The maximum absolute atomic E-state index is 12.9. The molecule has 9 heteroatoms. The molecule has 0 bridgehead atoms. The Morgan fingerprint density at radius 2 is 1.93 bits per heavy atom. The van der Waals surface area contributed by atoms with E-state index in [2.05, 4.69) is 20.4 Å². The highest BCUT2D eigenvalue weighted by Gasteiger charge is 2.40. The zero-order valence-electron chi connectivity index (χ0n) is 15.9. The van der Waals surface area contributed by atoms with Gasteiger partial charge in [0.2, 0.25) is 11.8 Å². The second-order valence-corrected chi connectivity index (χ2v) is 7.67. The van der Waals surface area contributed by atoms with Crippen LogP contribution in [0.3, 0.4) is 0 Å². The van der Waals surface area contributed by atoms with E-state index < -0.39 is 0 Å². The molecule has 1 saturated carbocycles. The Morgan fingerprint density at radius 1 is 1.19 bits per heavy atom. The number of hydrogen-bond acceptors (Lipinski definition) is 6. The number of nitrogens with one attached hydrogen (secondary N) is 1. The molecule has 7 nitrogen and oxygen atoms in total. The van der Waals surface area contributed by atoms with Gasteiger partial charge in [-0.05, 0) is 25.2 Å². The van der Waals surface area contributed by atoms with Crippen LogP contribution in [0.25, 0.3) is 0 Å². The lowest BCUT2D eigenvalue weighted by Gasteiger charge is -2.35. The number of hydrogen-bond donors (Lipinski definition) is 1. The van der Waals surface area contributed by atoms with Crippen LogP contribution in [-0.2, 0) is 17.8 Å². The molecule has 3 fully saturated rings. The molecule has 2 aliphatic heterocycles. The summed E-state index contributed by atoms with van der Waals surface area (Å²) in [5.74, 6) is 2.47. The van der Waals surface area contributed by atoms with E-state index in [1.165, 1.54) is 25.7 Å². The van der Waals surface area contributed by atoms with Crippen molar-refractivity contribution in [1.29, 1.82) is 0 Å². The Labute approximate surface area is 173 Å². The SMILES string of the molecule is CCc1nc(CN2CCN(C(=O)C3CC4CCCCC4N3)CC2)no1.Cl.Cl. The van der Waals surface area contributed by atoms with E-state index in [0.29, 0.717) is 24.4 Å². The number of carbonyl (C=O) groups excluding carboxylic acids is 1. The fraction of sp³-hybridized carbons (Fsp3) is 0.833. The highest BCUT2D eigenvalue weighted by Crippen LogP contribution is 2.33. The third kappa shape index (κ3) is 5.13. The van der Waals surface area contributed by atoms with E-state index in [1.807, 2.05) is 11.8 Å². The van der Waals surface area contributed by atoms with Crippen LogP contribution in [0.15, 0.2) is 4.52 Å². The third-order valence-corrected chi connectivity index (χ3v) is 6.02. The quantitative estimate of drug-likeness (QED) is 0.804. The molecule has 3 atom stereocenters. The molecule has 0 spiro atoms. The number of halogens is 2. The molecule has 3 aliphatic rings. The molecule has 27 heavy (non-hydrogen) atoms. The van der Waals surface area contributed by atoms with Crippen LogP contribution in [0.2, 0.25) is 0 Å². The summed E-state index contributed by atoms with van der Waals surface area (Å²) in [5.41, 5.74) is 0. The predicted octanol–water partition coefficient (Wildman–Crippen LogP) is 2.04. The van der Waals surface area contributed by atoms with Gasteiger partial charge >= 0.3 is 0 Å². The minimum absolute atomic E-state index is 0. The standard InChI is InChI=1S/C18H29N5O2.2ClH/c1-2-17-20-16(21-25-17)12-22-7-9-23(10-8-22)18(24)15-11-13-5-3-4-6-14(13)19-15;;/h13-15,19H,2-12H2,1H3;2*1H. The molecule has 3 heterocycles. The predicted molar refractivity (Wildman–Crippen MR) is 107 cm³/mol. The molecule has 0 aromatic carbocycles. The third-order valence-electron chi connectivity index (χ3n) is 6.02. The van der Waals surface area contributed by atoms with Crippen LogP contribution in [0, 0.1) is 5.92 Å². The average Bonchev–Trinajstić information content (AvgIpc) is 3.28. The van der Waals surface area contributed by atoms with Gasteiger partial charge in [0.15, 0.2) is 5.82 Å². The minimum Gasteiger partial charge on any atom is -0.339 e. The summed E-state index contributed by atoms with van der Waals surface area (Å²) in [6.45, 7) is 6.06. The van der Waals surface area contributed by atoms with Crippen LogP contribution in [-0.4, -0.2) is 64.1 Å². The van der Waals surface area contributed by atoms with E-state index in [0.717, 1.165) is 50.8 Å². The number of fused-ring (bicyclic) bond motifs is 1. The molecule has 1 N–H and O–H groups in total. The van der Waals surface area contributed by atoms with Gasteiger partial charge in [-0.3, -0.25) is 9.69 Å². The Balaban J connectivity index is 0.00000131. The molecule has 4 rings (SSSR count). The summed E-state index contributed by atoms with van der Waals surface area (Å²) in [6, 6.07) is 0.624. The molecule has 1 aromatic rings. The monoisotopic (exact) mass is 419 g/mol. The number of amides is 1. The number of nitrogens with zero attached hydrogens (tertiary/aromatic N) is 4. The summed E-state index contributed by atoms with van der Waals surface area (Å²) in [5, 5.41) is 7.63. The van der Waals surface area contributed by atoms with Crippen LogP contribution < -0.4 is 5.32 Å². The second kappa shape index (κ2) is 10.0. The molecule has 1 aromatic heterocycles. The van der Waals surface area contributed by atoms with Gasteiger partial charge < -0.3 is 14.7 Å². The molecule has 1 aliphatic carbocycles. The molecular formula is C18H31Cl2N5O2. The van der Waals surface area contributed by atoms with Crippen molar-refractivity contribution in [3.8, 4) is 0 Å². The number of rotatable bonds is 4. The first kappa shape index (κ1) is 22.4. The molecule has 0 radical (unpaired) electrons. The van der Waals surface area contributed by atoms with Crippen molar-refractivity contribution < 1.29 is 9.32 Å². The van der Waals surface area contributed by atoms with Gasteiger partial charge in [0.05, 0.1) is 12.6 Å². The summed E-state index contributed by atoms with van der Waals surface area (Å²) in [4.78, 5) is 21.6. The molecule has 1 amide bonds. The van der Waals surface area contributed by atoms with Crippen LogP contribution in [0.4, 0.5) is 0 Å². The Morgan fingerprint density at radius 3 is 2.59 bits per heavy atom. The highest BCUT2D eigenvalue weighted by atomic mass is 35.5. The smallest absolute Gasteiger partial charge is 0.239 e. The van der Waals surface area contributed by atoms with Crippen molar-refractivity contribution in [3.63, 3.8) is 0 Å². The van der Waals surface area contributed by atoms with Crippen molar-refractivity contribution in [3.05, 3.63) is 11.7 Å². The van der Waals surface area contributed by atoms with Gasteiger partial charge in [0, 0.05) is 38.6 Å². The highest BCUT2D eigenvalue weighted by molar-refractivity contribution is 5.85. The molecule has 154 valence electrons. The summed E-state index contributed by atoms with van der Waals surface area (Å²) in [7, 11) is 0. The number of piperazine rings is 1. The fourth-order valence-electron chi connectivity index (χ4n) is 4.56. The number of aromatic nitrogens is 2. The van der Waals surface area contributed by atoms with E-state index in [4.69, 9.17) is 4.52 Å². The van der Waals surface area contributed by atoms with Crippen molar-refractivity contribution in [1.82, 2.24) is 25.3 Å². The van der Waals surface area contributed by atoms with E-state index in [9.17, 15) is 4.79 Å². The van der Waals surface area contributed by atoms with E-state index >= 15 is 0 Å². The summed E-state index contributed by atoms with van der Waals surface area (Å²) in [6.07, 6.45) is 6.98. The van der Waals surface area contributed by atoms with E-state index in [1.54, 1.807) is 0 Å². The molecule has 3 unspecified atom stereocenters. The first-order chi connectivity index (χ1) is 12.2. The lowest BCUT2D eigenvalue weighted by molar-refractivity contribution is -0.135. The lowest BCUT2D eigenvalue weighted by atomic mass is 9.85. The lowest BCUT2D eigenvalue weighted by Crippen LogP contribution is -2.53. The Hall–Kier alpha value is -0.890. The van der Waals surface area contributed by atoms with Crippen molar-refractivity contribution >= 4 is 30.7 Å². The second-order valence-electron chi connectivity index (χ2n) is 7.67. The summed E-state index contributed by atoms with van der Waals surface area (Å²) >= 11 is 0. The maximum Gasteiger partial charge on any atom is 0.239 e. The first-order valence-corrected chi connectivity index (χ1v) is 9.81. The van der Waals surface area contributed by atoms with Gasteiger partial charge in [-0.25, -0.2) is 0 Å². The molecule has 2 saturated heterocycles. The topological polar surface area (TPSA) is 74.5 Å². The number of carbonyl (C=O) groups is 1. The average molecular weight is 420 g/mol. The zero-order chi connectivity index (χ0) is 17.2. The van der Waals surface area contributed by atoms with Gasteiger partial charge in [-0.15, -0.1) is 24.8 Å². The van der Waals surface area contributed by atoms with Crippen molar-refractivity contribution in [2.24, 2.45) is 5.92 Å². The van der Waals surface area contributed by atoms with Gasteiger partial charge in [0.1, 0.15) is 0 Å². The largest absolute Gasteiger partial charge is 0.339 e. The van der Waals surface area contributed by atoms with Crippen molar-refractivity contribution in [2.75, 3.05) is 26.2 Å². The number of aryl methyl sites for hydroxylation is 1. The van der Waals surface area contributed by atoms with Crippen LogP contribution >= 0.6 is 24.8 Å². The minimum atomic E-state index is 0. The van der Waals surface area contributed by atoms with Gasteiger partial charge in [-0.1, -0.05) is 24.9 Å². The van der Waals surface area contributed by atoms with E-state index in [-0.39, 0.29) is 30.9 Å². The van der Waals surface area contributed by atoms with Crippen LogP contribution in [0.1, 0.15) is 50.7 Å². The summed E-state index contributed by atoms with van der Waals surface area (Å²) < 4.78 is 5.17. The maximum atomic E-state index is 12.9. The Bertz CT molecular complexity index is 592. The molecular weight excluding hydrogens is 389 g/mol. The van der Waals surface area contributed by atoms with Gasteiger partial charge in [-0.2, -0.15) is 4.98 Å². The first-order valence-electron chi connectivity index (χ1n) is 9.81. The zero-order valence-corrected chi connectivity index (χ0v) is 17.6. The van der Waals surface area contributed by atoms with Crippen LogP contribution in [0.5, 0.6) is 0 Å². The van der Waals surface area contributed by atoms with Gasteiger partial charge in [0.25, 0.3) is 0 Å². The fourth-order valence-corrected chi connectivity index (χ4v) is 4.56. The van der Waals surface area contributed by atoms with Crippen molar-refractivity contribution in [2.45, 2.75) is 64.1 Å². The Kier molecular flexibility index (Phi) is 8.34.